The summed E-state index contributed by atoms with van der Waals surface area (Å²) in [5.74, 6) is 1.56. The molecule has 2 aromatic heterocycles. The van der Waals surface area contributed by atoms with Crippen LogP contribution in [0, 0.1) is 0 Å². The van der Waals surface area contributed by atoms with Crippen LogP contribution in [0.5, 0.6) is 0 Å². The van der Waals surface area contributed by atoms with Crippen LogP contribution < -0.4 is 11.3 Å². The van der Waals surface area contributed by atoms with Gasteiger partial charge in [-0.2, -0.15) is 4.98 Å². The monoisotopic (exact) mass is 327 g/mol. The zero-order valence-electron chi connectivity index (χ0n) is 11.1. The maximum absolute atomic E-state index is 12.4. The second kappa shape index (κ2) is 5.11. The van der Waals surface area contributed by atoms with E-state index in [0.29, 0.717) is 17.9 Å². The van der Waals surface area contributed by atoms with Crippen molar-refractivity contribution in [3.8, 4) is 11.5 Å². The van der Waals surface area contributed by atoms with Crippen molar-refractivity contribution in [1.82, 2.24) is 19.7 Å². The molecule has 4 rings (SSSR count). The molecule has 1 saturated carbocycles. The van der Waals surface area contributed by atoms with Gasteiger partial charge in [0.25, 0.3) is 11.4 Å². The number of nitrogens with two attached hydrogens (primary N) is 1. The molecular weight excluding hydrogens is 314 g/mol. The number of nitrogens with zero attached hydrogens (tertiary/aromatic N) is 4. The van der Waals surface area contributed by atoms with Gasteiger partial charge in [-0.15, -0.1) is 12.4 Å². The molecule has 0 radical (unpaired) electrons. The van der Waals surface area contributed by atoms with Gasteiger partial charge < -0.3 is 10.3 Å². The van der Waals surface area contributed by atoms with Crippen molar-refractivity contribution in [3.63, 3.8) is 0 Å². The van der Waals surface area contributed by atoms with Crippen molar-refractivity contribution >= 4 is 24.2 Å². The molecule has 0 unspecified atom stereocenters. The van der Waals surface area contributed by atoms with Crippen LogP contribution in [0.4, 0.5) is 0 Å². The minimum absolute atomic E-state index is 0. The Morgan fingerprint density at radius 2 is 2.24 bits per heavy atom. The lowest BCUT2D eigenvalue weighted by molar-refractivity contribution is 0.229. The van der Waals surface area contributed by atoms with Gasteiger partial charge in [0, 0.05) is 18.5 Å². The van der Waals surface area contributed by atoms with Gasteiger partial charge in [0.05, 0.1) is 5.54 Å². The summed E-state index contributed by atoms with van der Waals surface area (Å²) in [7, 11) is 0. The molecule has 2 aliphatic rings. The van der Waals surface area contributed by atoms with Crippen molar-refractivity contribution in [3.05, 3.63) is 22.4 Å². The quantitative estimate of drug-likeness (QED) is 0.826. The Morgan fingerprint density at radius 3 is 2.95 bits per heavy atom. The van der Waals surface area contributed by atoms with E-state index in [-0.39, 0.29) is 23.9 Å². The Morgan fingerprint density at radius 1 is 1.43 bits per heavy atom. The zero-order chi connectivity index (χ0) is 13.7. The number of fused-ring (bicyclic) bond motifs is 1. The Balaban J connectivity index is 0.00000132. The fourth-order valence-corrected chi connectivity index (χ4v) is 3.39. The van der Waals surface area contributed by atoms with E-state index in [4.69, 9.17) is 10.3 Å². The fourth-order valence-electron chi connectivity index (χ4n) is 2.48. The van der Waals surface area contributed by atoms with Crippen molar-refractivity contribution < 1.29 is 4.52 Å². The molecule has 0 saturated heterocycles. The molecule has 0 aromatic carbocycles. The highest BCUT2D eigenvalue weighted by molar-refractivity contribution is 7.99. The van der Waals surface area contributed by atoms with Gasteiger partial charge in [0.15, 0.2) is 11.0 Å². The lowest BCUT2D eigenvalue weighted by Gasteiger charge is -2.34. The predicted octanol–water partition coefficient (Wildman–Crippen LogP) is 1.16. The van der Waals surface area contributed by atoms with Crippen LogP contribution in [-0.2, 0) is 12.1 Å². The standard InChI is InChI=1S/C12H13N5O2S.ClH/c13-12(2-1-3-12)10-15-8(19-16-10)7-6-14-11-17(9(7)18)4-5-20-11;/h6H,1-5,13H2;1H. The van der Waals surface area contributed by atoms with Crippen LogP contribution in [0.1, 0.15) is 25.1 Å². The number of rotatable bonds is 2. The molecule has 0 amide bonds. The van der Waals surface area contributed by atoms with E-state index in [1.165, 1.54) is 6.20 Å². The Labute approximate surface area is 130 Å². The summed E-state index contributed by atoms with van der Waals surface area (Å²) in [6.07, 6.45) is 4.28. The summed E-state index contributed by atoms with van der Waals surface area (Å²) in [4.78, 5) is 20.9. The first kappa shape index (κ1) is 14.6. The highest BCUT2D eigenvalue weighted by Crippen LogP contribution is 2.37. The van der Waals surface area contributed by atoms with Crippen molar-refractivity contribution in [2.75, 3.05) is 5.75 Å². The number of aromatic nitrogens is 4. The summed E-state index contributed by atoms with van der Waals surface area (Å²) in [5, 5.41) is 4.67. The summed E-state index contributed by atoms with van der Waals surface area (Å²) in [6, 6.07) is 0. The number of halogens is 1. The number of hydrogen-bond acceptors (Lipinski definition) is 7. The van der Waals surface area contributed by atoms with E-state index in [9.17, 15) is 4.79 Å². The number of hydrogen-bond donors (Lipinski definition) is 1. The molecule has 0 atom stereocenters. The highest BCUT2D eigenvalue weighted by Gasteiger charge is 2.39. The summed E-state index contributed by atoms with van der Waals surface area (Å²) in [6.45, 7) is 0.668. The Kier molecular flexibility index (Phi) is 3.54. The summed E-state index contributed by atoms with van der Waals surface area (Å²) >= 11 is 1.57. The molecule has 0 bridgehead atoms. The third kappa shape index (κ3) is 2.18. The molecule has 1 aliphatic carbocycles. The molecule has 3 heterocycles. The SMILES string of the molecule is Cl.NC1(c2noc(-c3cnc4n(c3=O)CCS4)n2)CCC1. The lowest BCUT2D eigenvalue weighted by atomic mass is 9.77. The van der Waals surface area contributed by atoms with Gasteiger partial charge in [0.2, 0.25) is 0 Å². The van der Waals surface area contributed by atoms with E-state index >= 15 is 0 Å². The fraction of sp³-hybridized carbons (Fsp3) is 0.500. The second-order valence-corrected chi connectivity index (χ2v) is 6.25. The predicted molar refractivity (Wildman–Crippen MR) is 79.5 cm³/mol. The van der Waals surface area contributed by atoms with E-state index in [0.717, 1.165) is 30.2 Å². The molecule has 2 aromatic rings. The van der Waals surface area contributed by atoms with Gasteiger partial charge in [-0.25, -0.2) is 4.98 Å². The molecule has 2 N–H and O–H groups in total. The first-order chi connectivity index (χ1) is 9.67. The van der Waals surface area contributed by atoms with E-state index in [2.05, 4.69) is 15.1 Å². The molecular formula is C12H14ClN5O2S. The Hall–Kier alpha value is -1.38. The van der Waals surface area contributed by atoms with Gasteiger partial charge >= 0.3 is 0 Å². The molecule has 1 aliphatic heterocycles. The topological polar surface area (TPSA) is 99.8 Å². The van der Waals surface area contributed by atoms with Crippen LogP contribution in [0.15, 0.2) is 20.7 Å². The summed E-state index contributed by atoms with van der Waals surface area (Å²) < 4.78 is 6.86. The Bertz CT molecular complexity index is 739. The van der Waals surface area contributed by atoms with Gasteiger partial charge in [-0.05, 0) is 19.3 Å². The molecule has 21 heavy (non-hydrogen) atoms. The van der Waals surface area contributed by atoms with Crippen LogP contribution in [-0.4, -0.2) is 25.4 Å². The van der Waals surface area contributed by atoms with Gasteiger partial charge in [0.1, 0.15) is 5.56 Å². The van der Waals surface area contributed by atoms with Crippen LogP contribution in [0.3, 0.4) is 0 Å². The lowest BCUT2D eigenvalue weighted by Crippen LogP contribution is -2.44. The minimum atomic E-state index is -0.488. The smallest absolute Gasteiger partial charge is 0.267 e. The number of thioether (sulfide) groups is 1. The van der Waals surface area contributed by atoms with Crippen LogP contribution in [0.25, 0.3) is 11.5 Å². The minimum Gasteiger partial charge on any atom is -0.334 e. The third-order valence-corrected chi connectivity index (χ3v) is 4.87. The largest absolute Gasteiger partial charge is 0.334 e. The highest BCUT2D eigenvalue weighted by atomic mass is 35.5. The molecule has 0 spiro atoms. The van der Waals surface area contributed by atoms with E-state index in [1.54, 1.807) is 16.3 Å². The first-order valence-electron chi connectivity index (χ1n) is 6.53. The van der Waals surface area contributed by atoms with Crippen LogP contribution >= 0.6 is 24.2 Å². The van der Waals surface area contributed by atoms with Crippen LogP contribution in [0.2, 0.25) is 0 Å². The normalized spacial score (nSPS) is 18.7. The van der Waals surface area contributed by atoms with Crippen molar-refractivity contribution in [2.45, 2.75) is 36.5 Å². The molecule has 112 valence electrons. The van der Waals surface area contributed by atoms with Gasteiger partial charge in [-0.3, -0.25) is 9.36 Å². The van der Waals surface area contributed by atoms with Crippen molar-refractivity contribution in [1.29, 1.82) is 0 Å². The molecule has 9 heteroatoms. The van der Waals surface area contributed by atoms with E-state index in [1.807, 2.05) is 0 Å². The zero-order valence-corrected chi connectivity index (χ0v) is 12.7. The van der Waals surface area contributed by atoms with Crippen molar-refractivity contribution in [2.24, 2.45) is 5.73 Å². The molecule has 7 nitrogen and oxygen atoms in total. The van der Waals surface area contributed by atoms with E-state index < -0.39 is 5.54 Å². The third-order valence-electron chi connectivity index (χ3n) is 3.90. The molecule has 1 fully saturated rings. The second-order valence-electron chi connectivity index (χ2n) is 5.19. The average molecular weight is 328 g/mol. The maximum Gasteiger partial charge on any atom is 0.267 e. The van der Waals surface area contributed by atoms with Gasteiger partial charge in [-0.1, -0.05) is 16.9 Å². The average Bonchev–Trinajstić information content (AvgIpc) is 3.05. The first-order valence-corrected chi connectivity index (χ1v) is 7.52. The maximum atomic E-state index is 12.4. The summed E-state index contributed by atoms with van der Waals surface area (Å²) in [5.41, 5.74) is 5.88.